The lowest BCUT2D eigenvalue weighted by atomic mass is 10.0. The molecule has 16 heavy (non-hydrogen) atoms. The van der Waals surface area contributed by atoms with E-state index >= 15 is 0 Å². The topological polar surface area (TPSA) is 53.4 Å². The fraction of sp³-hybridized carbons (Fsp3) is 0.636. The van der Waals surface area contributed by atoms with Gasteiger partial charge < -0.3 is 5.11 Å². The first-order valence-corrected chi connectivity index (χ1v) is 6.46. The number of rotatable bonds is 3. The van der Waals surface area contributed by atoms with Gasteiger partial charge in [0.15, 0.2) is 0 Å². The molecule has 0 spiro atoms. The Balaban J connectivity index is 2.14. The first kappa shape index (κ1) is 11.5. The Kier molecular flexibility index (Phi) is 3.56. The molecule has 1 saturated heterocycles. The molecule has 0 amide bonds. The van der Waals surface area contributed by atoms with Gasteiger partial charge in [-0.25, -0.2) is 4.98 Å². The zero-order valence-electron chi connectivity index (χ0n) is 9.30. The summed E-state index contributed by atoms with van der Waals surface area (Å²) in [6.07, 6.45) is 4.62. The van der Waals surface area contributed by atoms with Crippen molar-refractivity contribution in [2.75, 3.05) is 6.54 Å². The van der Waals surface area contributed by atoms with Crippen LogP contribution in [0.3, 0.4) is 0 Å². The minimum atomic E-state index is -0.705. The van der Waals surface area contributed by atoms with Crippen molar-refractivity contribution in [2.45, 2.75) is 38.3 Å². The number of piperidine rings is 1. The number of hydrogen-bond donors (Lipinski definition) is 1. The summed E-state index contributed by atoms with van der Waals surface area (Å²) >= 11 is 1.59. The predicted octanol–water partition coefficient (Wildman–Crippen LogP) is 2.14. The fourth-order valence-corrected chi connectivity index (χ4v) is 2.98. The molecule has 1 fully saturated rings. The van der Waals surface area contributed by atoms with Crippen LogP contribution in [0.2, 0.25) is 0 Å². The van der Waals surface area contributed by atoms with E-state index in [-0.39, 0.29) is 12.1 Å². The van der Waals surface area contributed by atoms with Crippen molar-refractivity contribution in [1.29, 1.82) is 0 Å². The predicted molar refractivity (Wildman–Crippen MR) is 62.5 cm³/mol. The summed E-state index contributed by atoms with van der Waals surface area (Å²) in [5.74, 6) is -0.705. The molecule has 1 aliphatic rings. The van der Waals surface area contributed by atoms with Crippen molar-refractivity contribution in [3.05, 3.63) is 16.6 Å². The van der Waals surface area contributed by atoms with Crippen LogP contribution in [-0.4, -0.2) is 33.5 Å². The summed E-state index contributed by atoms with van der Waals surface area (Å²) in [6.45, 7) is 2.90. The highest BCUT2D eigenvalue weighted by atomic mass is 32.1. The van der Waals surface area contributed by atoms with Crippen molar-refractivity contribution in [1.82, 2.24) is 9.88 Å². The molecular formula is C11H16N2O2S. The summed E-state index contributed by atoms with van der Waals surface area (Å²) in [7, 11) is 0. The van der Waals surface area contributed by atoms with Gasteiger partial charge in [-0.2, -0.15) is 0 Å². The second-order valence-corrected chi connectivity index (χ2v) is 5.06. The van der Waals surface area contributed by atoms with Gasteiger partial charge in [-0.3, -0.25) is 9.69 Å². The minimum Gasteiger partial charge on any atom is -0.480 e. The molecule has 5 heteroatoms. The Labute approximate surface area is 98.9 Å². The van der Waals surface area contributed by atoms with Crippen LogP contribution in [0.15, 0.2) is 11.6 Å². The van der Waals surface area contributed by atoms with Crippen molar-refractivity contribution >= 4 is 17.3 Å². The minimum absolute atomic E-state index is 0.112. The van der Waals surface area contributed by atoms with E-state index in [4.69, 9.17) is 0 Å². The first-order valence-electron chi connectivity index (χ1n) is 5.58. The fourth-order valence-electron chi connectivity index (χ4n) is 2.27. The average molecular weight is 240 g/mol. The molecule has 88 valence electrons. The molecule has 4 nitrogen and oxygen atoms in total. The van der Waals surface area contributed by atoms with Crippen LogP contribution in [0.1, 0.15) is 37.2 Å². The van der Waals surface area contributed by atoms with Crippen LogP contribution in [0.4, 0.5) is 0 Å². The van der Waals surface area contributed by atoms with E-state index in [2.05, 4.69) is 9.88 Å². The number of nitrogens with zero attached hydrogens (tertiary/aromatic N) is 2. The molecule has 2 heterocycles. The number of carboxylic acid groups (broad SMARTS) is 1. The zero-order valence-corrected chi connectivity index (χ0v) is 10.1. The lowest BCUT2D eigenvalue weighted by Crippen LogP contribution is -2.45. The largest absolute Gasteiger partial charge is 0.480 e. The molecule has 0 aromatic carbocycles. The number of hydrogen-bond acceptors (Lipinski definition) is 4. The Bertz CT molecular complexity index is 353. The maximum atomic E-state index is 11.2. The molecule has 1 aliphatic heterocycles. The molecule has 0 unspecified atom stereocenters. The number of aromatic nitrogens is 1. The molecule has 0 bridgehead atoms. The third-order valence-electron chi connectivity index (χ3n) is 3.14. The maximum absolute atomic E-state index is 11.2. The van der Waals surface area contributed by atoms with Crippen LogP contribution < -0.4 is 0 Å². The Morgan fingerprint density at radius 2 is 2.50 bits per heavy atom. The van der Waals surface area contributed by atoms with Crippen LogP contribution in [-0.2, 0) is 4.79 Å². The lowest BCUT2D eigenvalue weighted by molar-refractivity contribution is -0.145. The van der Waals surface area contributed by atoms with E-state index < -0.39 is 5.97 Å². The van der Waals surface area contributed by atoms with Crippen molar-refractivity contribution < 1.29 is 9.90 Å². The van der Waals surface area contributed by atoms with Gasteiger partial charge in [0.05, 0.1) is 6.04 Å². The van der Waals surface area contributed by atoms with Gasteiger partial charge in [0.25, 0.3) is 0 Å². The van der Waals surface area contributed by atoms with Crippen molar-refractivity contribution in [3.8, 4) is 0 Å². The highest BCUT2D eigenvalue weighted by Gasteiger charge is 2.32. The van der Waals surface area contributed by atoms with Crippen LogP contribution in [0, 0.1) is 0 Å². The standard InChI is InChI=1S/C11H16N2O2S/c1-8(10-12-5-7-16-10)13-6-3-2-4-9(13)11(14)15/h5,7-9H,2-4,6H2,1H3,(H,14,15)/t8-,9+/m0/s1. The van der Waals surface area contributed by atoms with Gasteiger partial charge in [0.1, 0.15) is 11.0 Å². The van der Waals surface area contributed by atoms with Gasteiger partial charge in [-0.1, -0.05) is 6.42 Å². The molecule has 0 radical (unpaired) electrons. The molecular weight excluding hydrogens is 224 g/mol. The monoisotopic (exact) mass is 240 g/mol. The Hall–Kier alpha value is -0.940. The second kappa shape index (κ2) is 4.93. The van der Waals surface area contributed by atoms with Crippen LogP contribution in [0.5, 0.6) is 0 Å². The normalized spacial score (nSPS) is 24.2. The van der Waals surface area contributed by atoms with Gasteiger partial charge in [-0.15, -0.1) is 11.3 Å². The van der Waals surface area contributed by atoms with E-state index in [0.29, 0.717) is 0 Å². The van der Waals surface area contributed by atoms with Crippen molar-refractivity contribution in [3.63, 3.8) is 0 Å². The Morgan fingerprint density at radius 3 is 3.12 bits per heavy atom. The highest BCUT2D eigenvalue weighted by Crippen LogP contribution is 2.29. The van der Waals surface area contributed by atoms with Gasteiger partial charge in [0.2, 0.25) is 0 Å². The van der Waals surface area contributed by atoms with Gasteiger partial charge in [0, 0.05) is 11.6 Å². The quantitative estimate of drug-likeness (QED) is 0.879. The number of aliphatic carboxylic acids is 1. The SMILES string of the molecule is C[C@@H](c1nccs1)N1CCCC[C@@H]1C(=O)O. The van der Waals surface area contributed by atoms with E-state index in [1.807, 2.05) is 12.3 Å². The summed E-state index contributed by atoms with van der Waals surface area (Å²) in [4.78, 5) is 17.5. The van der Waals surface area contributed by atoms with E-state index in [1.165, 1.54) is 0 Å². The number of carboxylic acids is 1. The molecule has 1 N–H and O–H groups in total. The van der Waals surface area contributed by atoms with E-state index in [9.17, 15) is 9.90 Å². The van der Waals surface area contributed by atoms with Crippen LogP contribution >= 0.6 is 11.3 Å². The van der Waals surface area contributed by atoms with E-state index in [1.54, 1.807) is 17.5 Å². The molecule has 0 aliphatic carbocycles. The lowest BCUT2D eigenvalue weighted by Gasteiger charge is -2.36. The van der Waals surface area contributed by atoms with E-state index in [0.717, 1.165) is 30.8 Å². The second-order valence-electron chi connectivity index (χ2n) is 4.13. The van der Waals surface area contributed by atoms with Gasteiger partial charge >= 0.3 is 5.97 Å². The summed E-state index contributed by atoms with van der Waals surface area (Å²) in [6, 6.07) is -0.228. The summed E-state index contributed by atoms with van der Waals surface area (Å²) in [5.41, 5.74) is 0. The van der Waals surface area contributed by atoms with Gasteiger partial charge in [-0.05, 0) is 26.3 Å². The summed E-state index contributed by atoms with van der Waals surface area (Å²) < 4.78 is 0. The molecule has 2 atom stereocenters. The number of carbonyl (C=O) groups is 1. The highest BCUT2D eigenvalue weighted by molar-refractivity contribution is 7.09. The van der Waals surface area contributed by atoms with Crippen LogP contribution in [0.25, 0.3) is 0 Å². The number of likely N-dealkylation sites (tertiary alicyclic amines) is 1. The third kappa shape index (κ3) is 2.25. The number of thiazole rings is 1. The Morgan fingerprint density at radius 1 is 1.69 bits per heavy atom. The average Bonchev–Trinajstić information content (AvgIpc) is 2.81. The molecule has 1 aromatic heterocycles. The van der Waals surface area contributed by atoms with Crippen molar-refractivity contribution in [2.24, 2.45) is 0 Å². The smallest absolute Gasteiger partial charge is 0.320 e. The molecule has 0 saturated carbocycles. The first-order chi connectivity index (χ1) is 7.70. The summed E-state index contributed by atoms with van der Waals surface area (Å²) in [5, 5.41) is 12.1. The third-order valence-corrected chi connectivity index (χ3v) is 4.08. The molecule has 1 aromatic rings. The maximum Gasteiger partial charge on any atom is 0.320 e. The zero-order chi connectivity index (χ0) is 11.5. The molecule has 2 rings (SSSR count).